The van der Waals surface area contributed by atoms with Gasteiger partial charge in [-0.1, -0.05) is 146 Å². The molecule has 0 saturated heterocycles. The Hall–Kier alpha value is -7.89. The molecule has 0 aliphatic carbocycles. The van der Waals surface area contributed by atoms with Crippen LogP contribution in [0.15, 0.2) is 194 Å². The Morgan fingerprint density at radius 1 is 0.362 bits per heavy atom. The van der Waals surface area contributed by atoms with Gasteiger partial charge in [0.2, 0.25) is 0 Å². The third kappa shape index (κ3) is 5.07. The molecule has 0 amide bonds. The molecule has 0 saturated carbocycles. The maximum Gasteiger partial charge on any atom is 0.164 e. The van der Waals surface area contributed by atoms with Crippen molar-refractivity contribution < 1.29 is 4.74 Å². The maximum absolute atomic E-state index is 6.79. The minimum absolute atomic E-state index is 0.613. The Morgan fingerprint density at radius 2 is 0.983 bits per heavy atom. The number of hydrogen-bond acceptors (Lipinski definition) is 4. The minimum atomic E-state index is 0.613. The predicted octanol–water partition coefficient (Wildman–Crippen LogP) is 13.7. The zero-order valence-electron chi connectivity index (χ0n) is 31.2. The molecular weight excluding hydrogens is 709 g/mol. The van der Waals surface area contributed by atoms with Gasteiger partial charge in [-0.05, 0) is 81.4 Å². The van der Waals surface area contributed by atoms with E-state index in [2.05, 4.69) is 138 Å². The van der Waals surface area contributed by atoms with Crippen molar-refractivity contribution in [1.82, 2.24) is 19.5 Å². The molecule has 3 heterocycles. The van der Waals surface area contributed by atoms with Gasteiger partial charge in [-0.2, -0.15) is 0 Å². The second kappa shape index (κ2) is 12.8. The summed E-state index contributed by atoms with van der Waals surface area (Å²) in [6, 6.07) is 68.0. The smallest absolute Gasteiger partial charge is 0.164 e. The van der Waals surface area contributed by atoms with E-state index < -0.39 is 0 Å². The number of aromatic nitrogens is 4. The summed E-state index contributed by atoms with van der Waals surface area (Å²) in [6.45, 7) is 0. The van der Waals surface area contributed by atoms with Crippen LogP contribution in [0.3, 0.4) is 0 Å². The number of hydrogen-bond donors (Lipinski definition) is 0. The summed E-state index contributed by atoms with van der Waals surface area (Å²) in [7, 11) is 0. The van der Waals surface area contributed by atoms with Crippen molar-refractivity contribution in [1.29, 1.82) is 0 Å². The van der Waals surface area contributed by atoms with E-state index >= 15 is 0 Å². The van der Waals surface area contributed by atoms with E-state index in [-0.39, 0.29) is 0 Å². The minimum Gasteiger partial charge on any atom is -0.456 e. The van der Waals surface area contributed by atoms with Crippen molar-refractivity contribution in [2.75, 3.05) is 0 Å². The van der Waals surface area contributed by atoms with Gasteiger partial charge in [0.05, 0.1) is 11.0 Å². The molecule has 0 radical (unpaired) electrons. The molecule has 0 atom stereocenters. The molecule has 1 aliphatic rings. The molecule has 0 bridgehead atoms. The number of nitrogens with zero attached hydrogens (tertiary/aromatic N) is 4. The van der Waals surface area contributed by atoms with Gasteiger partial charge in [-0.15, -0.1) is 0 Å². The van der Waals surface area contributed by atoms with Crippen molar-refractivity contribution >= 4 is 43.4 Å². The van der Waals surface area contributed by atoms with Crippen molar-refractivity contribution in [2.24, 2.45) is 0 Å². The first-order valence-corrected chi connectivity index (χ1v) is 19.5. The summed E-state index contributed by atoms with van der Waals surface area (Å²) in [5, 5.41) is 7.00. The molecule has 270 valence electrons. The highest BCUT2D eigenvalue weighted by atomic mass is 16.5. The van der Waals surface area contributed by atoms with E-state index in [1.54, 1.807) is 0 Å². The fraction of sp³-hybridized carbons (Fsp3) is 0. The van der Waals surface area contributed by atoms with Crippen LogP contribution in [-0.4, -0.2) is 19.5 Å². The molecule has 58 heavy (non-hydrogen) atoms. The largest absolute Gasteiger partial charge is 0.456 e. The van der Waals surface area contributed by atoms with Crippen molar-refractivity contribution in [3.63, 3.8) is 0 Å². The van der Waals surface area contributed by atoms with Crippen molar-refractivity contribution in [3.05, 3.63) is 194 Å². The summed E-state index contributed by atoms with van der Waals surface area (Å²) < 4.78 is 9.19. The van der Waals surface area contributed by atoms with Gasteiger partial charge in [-0.3, -0.25) is 0 Å². The summed E-state index contributed by atoms with van der Waals surface area (Å²) >= 11 is 0. The first-order valence-electron chi connectivity index (χ1n) is 19.5. The summed E-state index contributed by atoms with van der Waals surface area (Å²) in [6.07, 6.45) is 0. The maximum atomic E-state index is 6.79. The van der Waals surface area contributed by atoms with Gasteiger partial charge < -0.3 is 9.30 Å². The highest BCUT2D eigenvalue weighted by Crippen LogP contribution is 2.52. The number of rotatable bonds is 5. The number of para-hydroxylation sites is 1. The lowest BCUT2D eigenvalue weighted by Gasteiger charge is -2.25. The zero-order chi connectivity index (χ0) is 38.2. The second-order valence-corrected chi connectivity index (χ2v) is 14.8. The summed E-state index contributed by atoms with van der Waals surface area (Å²) in [5.74, 6) is 3.51. The zero-order valence-corrected chi connectivity index (χ0v) is 31.2. The second-order valence-electron chi connectivity index (χ2n) is 14.8. The molecule has 12 rings (SSSR count). The van der Waals surface area contributed by atoms with Crippen LogP contribution in [0.4, 0.5) is 0 Å². The van der Waals surface area contributed by atoms with Crippen LogP contribution in [0.5, 0.6) is 11.5 Å². The normalized spacial score (nSPS) is 11.9. The van der Waals surface area contributed by atoms with Crippen LogP contribution >= 0.6 is 0 Å². The predicted molar refractivity (Wildman–Crippen MR) is 236 cm³/mol. The lowest BCUT2D eigenvalue weighted by molar-refractivity contribution is 0.487. The van der Waals surface area contributed by atoms with Gasteiger partial charge in [0.1, 0.15) is 11.5 Å². The topological polar surface area (TPSA) is 52.8 Å². The number of fused-ring (bicyclic) bond motifs is 6. The third-order valence-electron chi connectivity index (χ3n) is 11.4. The van der Waals surface area contributed by atoms with Crippen LogP contribution in [-0.2, 0) is 0 Å². The van der Waals surface area contributed by atoms with E-state index in [0.717, 1.165) is 66.9 Å². The summed E-state index contributed by atoms with van der Waals surface area (Å²) in [5.41, 5.74) is 10.6. The van der Waals surface area contributed by atoms with Gasteiger partial charge >= 0.3 is 0 Å². The highest BCUT2D eigenvalue weighted by Gasteiger charge is 2.26. The Kier molecular flexibility index (Phi) is 7.16. The Morgan fingerprint density at radius 3 is 1.78 bits per heavy atom. The van der Waals surface area contributed by atoms with E-state index in [1.165, 1.54) is 32.6 Å². The van der Waals surface area contributed by atoms with Crippen LogP contribution in [0.25, 0.3) is 105 Å². The molecule has 1 aliphatic heterocycles. The molecule has 2 aromatic heterocycles. The van der Waals surface area contributed by atoms with Crippen LogP contribution in [0.1, 0.15) is 0 Å². The van der Waals surface area contributed by atoms with E-state index in [0.29, 0.717) is 17.5 Å². The molecule has 5 heteroatoms. The first-order chi connectivity index (χ1) is 28.7. The SMILES string of the molecule is c1ccc(-c2nc(-c3ccccc3)nc(-c3ccc4c5c(cccc35)-c3c(cccc3-c3cccc(-n5c6ccccc6c6cc7ccccc7cc65)c3)O4)n2)cc1. The van der Waals surface area contributed by atoms with Gasteiger partial charge in [0.15, 0.2) is 17.5 Å². The van der Waals surface area contributed by atoms with Crippen LogP contribution < -0.4 is 4.74 Å². The average molecular weight is 741 g/mol. The highest BCUT2D eigenvalue weighted by molar-refractivity contribution is 6.14. The fourth-order valence-electron chi connectivity index (χ4n) is 8.79. The monoisotopic (exact) mass is 740 g/mol. The number of benzene rings is 9. The van der Waals surface area contributed by atoms with E-state index in [9.17, 15) is 0 Å². The van der Waals surface area contributed by atoms with Gasteiger partial charge in [0, 0.05) is 44.1 Å². The standard InChI is InChI=1S/C53H32N4O/c1-3-14-33(15-4-1)51-54-52(34-16-5-2-6-17-34)56-53(55-51)42-28-29-48-50-41(42)24-12-25-43(50)49-39(23-13-27-47(49)58-48)37-20-11-21-38(30-37)57-45-26-10-9-22-40(45)44-31-35-18-7-8-19-36(35)32-46(44)57/h1-32H. The molecule has 0 unspecified atom stereocenters. The Balaban J connectivity index is 1.04. The summed E-state index contributed by atoms with van der Waals surface area (Å²) in [4.78, 5) is 15.1. The molecule has 0 fully saturated rings. The molecular formula is C53H32N4O. The van der Waals surface area contributed by atoms with Crippen molar-refractivity contribution in [3.8, 4) is 73.6 Å². The lowest BCUT2D eigenvalue weighted by Crippen LogP contribution is -2.02. The molecule has 5 nitrogen and oxygen atoms in total. The number of ether oxygens (including phenoxy) is 1. The average Bonchev–Trinajstić information content (AvgIpc) is 3.61. The van der Waals surface area contributed by atoms with E-state index in [4.69, 9.17) is 19.7 Å². The third-order valence-corrected chi connectivity index (χ3v) is 11.4. The lowest BCUT2D eigenvalue weighted by atomic mass is 9.87. The van der Waals surface area contributed by atoms with Gasteiger partial charge in [0.25, 0.3) is 0 Å². The Labute approximate surface area is 334 Å². The molecule has 0 N–H and O–H groups in total. The van der Waals surface area contributed by atoms with Crippen LogP contribution in [0.2, 0.25) is 0 Å². The quantitative estimate of drug-likeness (QED) is 0.176. The van der Waals surface area contributed by atoms with Crippen molar-refractivity contribution in [2.45, 2.75) is 0 Å². The fourth-order valence-corrected chi connectivity index (χ4v) is 8.79. The molecule has 0 spiro atoms. The first kappa shape index (κ1) is 32.4. The van der Waals surface area contributed by atoms with E-state index in [1.807, 2.05) is 60.7 Å². The van der Waals surface area contributed by atoms with Gasteiger partial charge in [-0.25, -0.2) is 15.0 Å². The van der Waals surface area contributed by atoms with Crippen LogP contribution in [0, 0.1) is 0 Å². The Bertz CT molecular complexity index is 3370. The molecule has 9 aromatic carbocycles. The molecule has 11 aromatic rings.